The van der Waals surface area contributed by atoms with E-state index in [1.807, 2.05) is 36.4 Å². The molecule has 2 atom stereocenters. The standard InChI is InChI=1S/C32H36N8O3/c1-3-29(41)36-25-5-4-12-39(18-25)17-22-10-11-33-28(15-22)32(42)37-24-8-6-23(7-9-24)27-16-26-30(38-27)34-20-35-31(26)40-13-14-43-19-21(40)2/h3,6-11,15-16,20-21,25H,1,4-5,12-14,17-19H2,2H3,(H,36,41)(H,37,42)(H,34,35,38)/t21-,25?/m0/s1. The lowest BCUT2D eigenvalue weighted by molar-refractivity contribution is -0.117. The number of carbonyl (C=O) groups is 2. The topological polar surface area (TPSA) is 128 Å². The van der Waals surface area contributed by atoms with Gasteiger partial charge in [-0.3, -0.25) is 19.5 Å². The molecule has 0 spiro atoms. The van der Waals surface area contributed by atoms with E-state index < -0.39 is 0 Å². The molecule has 2 amide bonds. The zero-order valence-electron chi connectivity index (χ0n) is 24.3. The van der Waals surface area contributed by atoms with Gasteiger partial charge in [0.2, 0.25) is 5.91 Å². The van der Waals surface area contributed by atoms with Crippen LogP contribution in [0.15, 0.2) is 67.6 Å². The summed E-state index contributed by atoms with van der Waals surface area (Å²) in [6, 6.07) is 13.8. The van der Waals surface area contributed by atoms with E-state index in [0.29, 0.717) is 31.1 Å². The molecule has 0 bridgehead atoms. The summed E-state index contributed by atoms with van der Waals surface area (Å²) in [4.78, 5) is 46.1. The van der Waals surface area contributed by atoms with Gasteiger partial charge in [-0.1, -0.05) is 18.7 Å². The van der Waals surface area contributed by atoms with Crippen molar-refractivity contribution in [2.45, 2.75) is 38.4 Å². The number of H-pyrrole nitrogens is 1. The minimum Gasteiger partial charge on any atom is -0.377 e. The van der Waals surface area contributed by atoms with Crippen molar-refractivity contribution in [2.24, 2.45) is 0 Å². The number of nitrogens with zero attached hydrogens (tertiary/aromatic N) is 5. The number of piperidine rings is 1. The number of rotatable bonds is 8. The van der Waals surface area contributed by atoms with Gasteiger partial charge in [-0.05, 0) is 73.8 Å². The van der Waals surface area contributed by atoms with Crippen LogP contribution in [0.5, 0.6) is 0 Å². The van der Waals surface area contributed by atoms with Crippen molar-refractivity contribution < 1.29 is 14.3 Å². The number of carbonyl (C=O) groups excluding carboxylic acids is 2. The Morgan fingerprint density at radius 3 is 2.81 bits per heavy atom. The number of benzene rings is 1. The van der Waals surface area contributed by atoms with Crippen LogP contribution in [0.3, 0.4) is 0 Å². The van der Waals surface area contributed by atoms with Crippen molar-refractivity contribution in [2.75, 3.05) is 43.1 Å². The van der Waals surface area contributed by atoms with Gasteiger partial charge < -0.3 is 25.3 Å². The molecule has 222 valence electrons. The zero-order valence-corrected chi connectivity index (χ0v) is 24.3. The fourth-order valence-corrected chi connectivity index (χ4v) is 5.81. The summed E-state index contributed by atoms with van der Waals surface area (Å²) < 4.78 is 5.60. The molecule has 2 saturated heterocycles. The Morgan fingerprint density at radius 2 is 2.00 bits per heavy atom. The monoisotopic (exact) mass is 580 g/mol. The lowest BCUT2D eigenvalue weighted by atomic mass is 10.0. The molecular weight excluding hydrogens is 544 g/mol. The molecular formula is C32H36N8O3. The van der Waals surface area contributed by atoms with Crippen LogP contribution in [-0.2, 0) is 16.1 Å². The minimum atomic E-state index is -0.269. The van der Waals surface area contributed by atoms with E-state index in [1.54, 1.807) is 12.5 Å². The first-order valence-corrected chi connectivity index (χ1v) is 14.7. The average Bonchev–Trinajstić information content (AvgIpc) is 3.47. The Labute approximate surface area is 250 Å². The highest BCUT2D eigenvalue weighted by molar-refractivity contribution is 6.03. The summed E-state index contributed by atoms with van der Waals surface area (Å²) >= 11 is 0. The third-order valence-corrected chi connectivity index (χ3v) is 8.00. The summed E-state index contributed by atoms with van der Waals surface area (Å²) in [7, 11) is 0. The van der Waals surface area contributed by atoms with Crippen molar-refractivity contribution in [3.8, 4) is 11.3 Å². The molecule has 1 unspecified atom stereocenters. The quantitative estimate of drug-likeness (QED) is 0.269. The fourth-order valence-electron chi connectivity index (χ4n) is 5.81. The Balaban J connectivity index is 1.10. The van der Waals surface area contributed by atoms with Gasteiger partial charge in [-0.2, -0.15) is 0 Å². The predicted octanol–water partition coefficient (Wildman–Crippen LogP) is 3.76. The second-order valence-electron chi connectivity index (χ2n) is 11.1. The third-order valence-electron chi connectivity index (χ3n) is 8.00. The molecule has 2 aliphatic heterocycles. The average molecular weight is 581 g/mol. The van der Waals surface area contributed by atoms with E-state index in [0.717, 1.165) is 66.1 Å². The number of likely N-dealkylation sites (tertiary alicyclic amines) is 1. The molecule has 43 heavy (non-hydrogen) atoms. The molecule has 0 aliphatic carbocycles. The highest BCUT2D eigenvalue weighted by Crippen LogP contribution is 2.31. The zero-order chi connectivity index (χ0) is 29.8. The van der Waals surface area contributed by atoms with Crippen molar-refractivity contribution in [1.29, 1.82) is 0 Å². The maximum absolute atomic E-state index is 13.1. The Hall–Kier alpha value is -4.61. The maximum atomic E-state index is 13.1. The third kappa shape index (κ3) is 6.58. The van der Waals surface area contributed by atoms with E-state index in [2.05, 4.69) is 59.9 Å². The number of hydrogen-bond donors (Lipinski definition) is 3. The van der Waals surface area contributed by atoms with Gasteiger partial charge in [0.1, 0.15) is 23.5 Å². The first kappa shape index (κ1) is 28.5. The summed E-state index contributed by atoms with van der Waals surface area (Å²) in [5.41, 5.74) is 4.71. The van der Waals surface area contributed by atoms with Crippen molar-refractivity contribution in [1.82, 2.24) is 30.2 Å². The molecule has 6 rings (SSSR count). The van der Waals surface area contributed by atoms with Crippen molar-refractivity contribution in [3.63, 3.8) is 0 Å². The smallest absolute Gasteiger partial charge is 0.274 e. The highest BCUT2D eigenvalue weighted by Gasteiger charge is 2.24. The number of hydrogen-bond acceptors (Lipinski definition) is 8. The van der Waals surface area contributed by atoms with Crippen LogP contribution in [0, 0.1) is 0 Å². The summed E-state index contributed by atoms with van der Waals surface area (Å²) in [5.74, 6) is 0.488. The normalized spacial score (nSPS) is 19.2. The number of morpholine rings is 1. The van der Waals surface area contributed by atoms with Gasteiger partial charge in [0.15, 0.2) is 0 Å². The van der Waals surface area contributed by atoms with E-state index in [4.69, 9.17) is 4.74 Å². The van der Waals surface area contributed by atoms with Crippen LogP contribution in [0.4, 0.5) is 11.5 Å². The van der Waals surface area contributed by atoms with Crippen LogP contribution in [0.1, 0.15) is 35.8 Å². The van der Waals surface area contributed by atoms with Crippen LogP contribution in [0.2, 0.25) is 0 Å². The van der Waals surface area contributed by atoms with Gasteiger partial charge in [-0.25, -0.2) is 9.97 Å². The van der Waals surface area contributed by atoms with Gasteiger partial charge in [-0.15, -0.1) is 0 Å². The Kier molecular flexibility index (Phi) is 8.43. The van der Waals surface area contributed by atoms with E-state index in [1.165, 1.54) is 6.08 Å². The number of nitrogens with one attached hydrogen (secondary N) is 3. The number of aromatic amines is 1. The molecule has 0 saturated carbocycles. The highest BCUT2D eigenvalue weighted by atomic mass is 16.5. The van der Waals surface area contributed by atoms with Gasteiger partial charge in [0, 0.05) is 43.3 Å². The number of aromatic nitrogens is 4. The van der Waals surface area contributed by atoms with Crippen molar-refractivity contribution in [3.05, 3.63) is 78.9 Å². The number of fused-ring (bicyclic) bond motifs is 1. The molecule has 3 aromatic heterocycles. The van der Waals surface area contributed by atoms with E-state index in [9.17, 15) is 9.59 Å². The van der Waals surface area contributed by atoms with Crippen LogP contribution in [0.25, 0.3) is 22.3 Å². The molecule has 5 heterocycles. The second kappa shape index (κ2) is 12.7. The molecule has 2 fully saturated rings. The van der Waals surface area contributed by atoms with E-state index in [-0.39, 0.29) is 23.9 Å². The fraction of sp³-hybridized carbons (Fsp3) is 0.344. The van der Waals surface area contributed by atoms with Crippen LogP contribution in [-0.4, -0.2) is 81.6 Å². The predicted molar refractivity (Wildman–Crippen MR) is 166 cm³/mol. The second-order valence-corrected chi connectivity index (χ2v) is 11.1. The lowest BCUT2D eigenvalue weighted by Gasteiger charge is -2.34. The number of ether oxygens (including phenoxy) is 1. The molecule has 11 nitrogen and oxygen atoms in total. The molecule has 2 aliphatic rings. The van der Waals surface area contributed by atoms with Crippen LogP contribution < -0.4 is 15.5 Å². The Morgan fingerprint density at radius 1 is 1.14 bits per heavy atom. The number of anilines is 2. The molecule has 1 aromatic carbocycles. The van der Waals surface area contributed by atoms with Gasteiger partial charge in [0.05, 0.1) is 24.6 Å². The minimum absolute atomic E-state index is 0.0969. The summed E-state index contributed by atoms with van der Waals surface area (Å²) in [6.07, 6.45) is 6.51. The molecule has 0 radical (unpaired) electrons. The van der Waals surface area contributed by atoms with Crippen molar-refractivity contribution >= 4 is 34.4 Å². The first-order chi connectivity index (χ1) is 21.0. The first-order valence-electron chi connectivity index (χ1n) is 14.7. The lowest BCUT2D eigenvalue weighted by Crippen LogP contribution is -2.46. The Bertz CT molecular complexity index is 1620. The molecule has 11 heteroatoms. The summed E-state index contributed by atoms with van der Waals surface area (Å²) in [6.45, 7) is 10.2. The molecule has 4 aromatic rings. The number of amides is 2. The maximum Gasteiger partial charge on any atom is 0.274 e. The SMILES string of the molecule is C=CC(=O)NC1CCCN(Cc2ccnc(C(=O)Nc3ccc(-c4cc5c(N6CCOC[C@@H]6C)ncnc5[nH]4)cc3)c2)C1. The number of pyridine rings is 1. The summed E-state index contributed by atoms with van der Waals surface area (Å²) in [5, 5.41) is 6.92. The van der Waals surface area contributed by atoms with Gasteiger partial charge in [0.25, 0.3) is 5.91 Å². The largest absolute Gasteiger partial charge is 0.377 e. The molecule has 3 N–H and O–H groups in total. The van der Waals surface area contributed by atoms with E-state index >= 15 is 0 Å². The van der Waals surface area contributed by atoms with Gasteiger partial charge >= 0.3 is 0 Å². The van der Waals surface area contributed by atoms with Crippen LogP contribution >= 0.6 is 0 Å².